The Balaban J connectivity index is 0.815. The van der Waals surface area contributed by atoms with Crippen molar-refractivity contribution < 1.29 is 84.9 Å². The number of carbonyl (C=O) groups is 9. The number of hydrogen-bond acceptors (Lipinski definition) is 18. The third kappa shape index (κ3) is 20.7. The van der Waals surface area contributed by atoms with Gasteiger partial charge in [-0.25, -0.2) is 9.55 Å². The number of aromatic nitrogens is 1. The zero-order valence-corrected chi connectivity index (χ0v) is 62.1. The highest BCUT2D eigenvalue weighted by Gasteiger charge is 2.59. The highest BCUT2D eigenvalue weighted by atomic mass is 32.1. The first-order valence-corrected chi connectivity index (χ1v) is 36.8. The highest BCUT2D eigenvalue weighted by molar-refractivity contribution is 7.55. The number of amides is 7. The molecule has 28 heteroatoms. The van der Waals surface area contributed by atoms with Crippen LogP contribution in [-0.4, -0.2) is 137 Å². The minimum Gasteiger partial charge on any atom is -0.438 e. The van der Waals surface area contributed by atoms with Crippen molar-refractivity contribution in [3.05, 3.63) is 147 Å². The van der Waals surface area contributed by atoms with E-state index in [1.54, 1.807) is 23.8 Å². The van der Waals surface area contributed by atoms with Gasteiger partial charge in [0.15, 0.2) is 0 Å². The van der Waals surface area contributed by atoms with Gasteiger partial charge in [-0.05, 0) is 144 Å². The number of anilines is 1. The minimum absolute atomic E-state index is 0.0536. The standard InChI is InChI=1S/C75H95F2N8O16PS/c1-44(50-26-29-54(30-27-50)75(76,77)102(96,101-71(95)74(10,11)12)100-43-99-70(94)73(7,8)9)35-61(88)81-57-31-28-51-16-13-17-53-36-59(85(63(51)53)68(57)92)67(91)82-56(32-33-60(78)87)46(3)98-40-49-20-18-47(19-21-49)15-14-34-97-41-62(89)83-65(72(4,5)6)69(93)84-39-55(86)37-58(84)66(90)79-38-48-22-24-52(25-23-48)64-45(2)80-42-103-64/h13,16-27,29-30,35,42,46,55-59,65,86H,14-15,28,31-34,36-41,43H2,1-12H3,(H2,78,87)(H,79,90)(H,81,88)(H,82,91)(H,83,89)/b44-35+/t46-,55+,56+,57+,58+,59+,65-,102?/m1/s1. The monoisotopic (exact) mass is 1460 g/mol. The number of halogens is 2. The van der Waals surface area contributed by atoms with Crippen molar-refractivity contribution in [2.45, 2.75) is 196 Å². The van der Waals surface area contributed by atoms with Crippen molar-refractivity contribution in [3.8, 4) is 10.4 Å². The molecule has 0 bridgehead atoms. The molecule has 7 N–H and O–H groups in total. The maximum atomic E-state index is 16.3. The van der Waals surface area contributed by atoms with Gasteiger partial charge in [-0.3, -0.25) is 52.6 Å². The Hall–Kier alpha value is -8.59. The quantitative estimate of drug-likeness (QED) is 0.00819. The lowest BCUT2D eigenvalue weighted by molar-refractivity contribution is -0.161. The van der Waals surface area contributed by atoms with Gasteiger partial charge in [0, 0.05) is 50.6 Å². The summed E-state index contributed by atoms with van der Waals surface area (Å²) in [6.07, 6.45) is 1.52. The van der Waals surface area contributed by atoms with Gasteiger partial charge in [0.25, 0.3) is 0 Å². The van der Waals surface area contributed by atoms with Gasteiger partial charge in [-0.2, -0.15) is 8.78 Å². The summed E-state index contributed by atoms with van der Waals surface area (Å²) >= 11 is 1.55. The second-order valence-electron chi connectivity index (χ2n) is 29.5. The number of ether oxygens (including phenoxy) is 3. The van der Waals surface area contributed by atoms with E-state index in [0.717, 1.165) is 56.1 Å². The molecule has 5 aromatic rings. The fourth-order valence-electron chi connectivity index (χ4n) is 12.0. The number of aryl methyl sites for hydroxylation is 3. The van der Waals surface area contributed by atoms with Crippen LogP contribution in [0.25, 0.3) is 16.0 Å². The van der Waals surface area contributed by atoms with E-state index in [0.29, 0.717) is 24.9 Å². The van der Waals surface area contributed by atoms with E-state index in [1.807, 2.05) is 94.4 Å². The predicted molar refractivity (Wildman–Crippen MR) is 382 cm³/mol. The molecule has 0 radical (unpaired) electrons. The maximum absolute atomic E-state index is 16.3. The summed E-state index contributed by atoms with van der Waals surface area (Å²) in [5.74, 6) is -5.88. The summed E-state index contributed by atoms with van der Waals surface area (Å²) in [6, 6.07) is 20.4. The first-order valence-electron chi connectivity index (χ1n) is 34.3. The van der Waals surface area contributed by atoms with Crippen LogP contribution in [0, 0.1) is 23.2 Å². The number of alkyl halides is 2. The number of carbonyl (C=O) groups excluding carboxylic acids is 9. The molecule has 0 spiro atoms. The van der Waals surface area contributed by atoms with Crippen LogP contribution in [0.5, 0.6) is 0 Å². The number of benzene rings is 4. The van der Waals surface area contributed by atoms with Crippen LogP contribution >= 0.6 is 18.9 Å². The van der Waals surface area contributed by atoms with Crippen molar-refractivity contribution >= 4 is 83.5 Å². The van der Waals surface area contributed by atoms with Gasteiger partial charge in [0.2, 0.25) is 48.1 Å². The number of aliphatic hydroxyl groups excluding tert-OH is 1. The molecule has 24 nitrogen and oxygen atoms in total. The Kier molecular flexibility index (Phi) is 26.4. The molecule has 103 heavy (non-hydrogen) atoms. The summed E-state index contributed by atoms with van der Waals surface area (Å²) in [6.45, 7) is 18.3. The number of allylic oxidation sites excluding steroid dienone is 1. The van der Waals surface area contributed by atoms with E-state index in [4.69, 9.17) is 29.0 Å². The van der Waals surface area contributed by atoms with Crippen LogP contribution < -0.4 is 31.9 Å². The van der Waals surface area contributed by atoms with Crippen LogP contribution in [-0.2, 0) is 109 Å². The van der Waals surface area contributed by atoms with E-state index in [1.165, 1.54) is 76.5 Å². The molecular weight excluding hydrogens is 1370 g/mol. The Morgan fingerprint density at radius 3 is 2.12 bits per heavy atom. The summed E-state index contributed by atoms with van der Waals surface area (Å²) in [5.41, 5.74) is 6.15. The van der Waals surface area contributed by atoms with E-state index < -0.39 is 138 Å². The molecular formula is C75H95F2N8O16PS. The normalized spacial score (nSPS) is 18.5. The molecule has 1 unspecified atom stereocenters. The van der Waals surface area contributed by atoms with Crippen LogP contribution in [0.3, 0.4) is 0 Å². The van der Waals surface area contributed by atoms with Gasteiger partial charge in [-0.15, -0.1) is 11.3 Å². The molecule has 0 aliphatic carbocycles. The van der Waals surface area contributed by atoms with Crippen molar-refractivity contribution in [1.29, 1.82) is 0 Å². The molecule has 4 aromatic carbocycles. The minimum atomic E-state index is -5.74. The Labute approximate surface area is 603 Å². The highest BCUT2D eigenvalue weighted by Crippen LogP contribution is 2.67. The summed E-state index contributed by atoms with van der Waals surface area (Å²) < 4.78 is 73.3. The zero-order valence-electron chi connectivity index (χ0n) is 60.4. The average Bonchev–Trinajstić information content (AvgIpc) is 1.72. The SMILES string of the molecule is C/C(=C\C(=O)N[C@H]1CCc2cccc3c2N(C1=O)[C@H](C(=O)N[C@@H](CCC(N)=O)[C@@H](C)OCc1ccc(CCCOCC(=O)N[C@H](C(=O)N2C[C@@H](O)C[C@H]2C(=O)NCc2ccc(-c4scnc4C)cc2)C(C)(C)C)cc1)C3)c1ccc(C(F)(F)P(=O)(OCOC(=O)C(C)(C)C)OC(=O)C(C)(C)C)cc1. The van der Waals surface area contributed by atoms with Crippen LogP contribution in [0.4, 0.5) is 14.5 Å². The third-order valence-electron chi connectivity index (χ3n) is 18.1. The van der Waals surface area contributed by atoms with E-state index >= 15 is 8.78 Å². The number of nitrogens with one attached hydrogen (secondary N) is 4. The van der Waals surface area contributed by atoms with E-state index in [9.17, 15) is 52.8 Å². The maximum Gasteiger partial charge on any atom is 0.458 e. The molecule has 0 saturated carbocycles. The summed E-state index contributed by atoms with van der Waals surface area (Å²) in [7, 11) is -5.74. The number of primary amides is 1. The Morgan fingerprint density at radius 1 is 0.835 bits per heavy atom. The van der Waals surface area contributed by atoms with Crippen molar-refractivity contribution in [3.63, 3.8) is 0 Å². The second-order valence-corrected chi connectivity index (χ2v) is 32.4. The van der Waals surface area contributed by atoms with Gasteiger partial charge < -0.3 is 55.7 Å². The molecule has 8 rings (SSSR count). The molecule has 4 heterocycles. The number of aliphatic hydroxyl groups is 1. The lowest BCUT2D eigenvalue weighted by Gasteiger charge is -2.35. The van der Waals surface area contributed by atoms with Crippen molar-refractivity contribution in [1.82, 2.24) is 31.2 Å². The number of esters is 1. The molecule has 1 aromatic heterocycles. The topological polar surface area (TPSA) is 331 Å². The number of likely N-dealkylation sites (tertiary alicyclic amines) is 1. The number of nitrogens with two attached hydrogens (primary N) is 1. The Morgan fingerprint density at radius 2 is 1.49 bits per heavy atom. The molecule has 8 atom stereocenters. The molecule has 1 fully saturated rings. The summed E-state index contributed by atoms with van der Waals surface area (Å²) in [4.78, 5) is 130. The van der Waals surface area contributed by atoms with Gasteiger partial charge in [0.1, 0.15) is 30.8 Å². The number of β-amino-alcohol motifs (C(OH)–C–C–N with tert-alkyl or cyclic N) is 1. The van der Waals surface area contributed by atoms with Gasteiger partial charge in [-0.1, -0.05) is 112 Å². The van der Waals surface area contributed by atoms with Crippen LogP contribution in [0.15, 0.2) is 103 Å². The number of para-hydroxylation sites is 1. The van der Waals surface area contributed by atoms with E-state index in [-0.39, 0.29) is 76.2 Å². The fourth-order valence-corrected chi connectivity index (χ4v) is 14.3. The predicted octanol–water partition coefficient (Wildman–Crippen LogP) is 9.42. The number of thiazole rings is 1. The fraction of sp³-hybridized carbons (Fsp3) is 0.493. The Bertz CT molecular complexity index is 4000. The molecule has 3 aliphatic rings. The average molecular weight is 1470 g/mol. The third-order valence-corrected chi connectivity index (χ3v) is 20.9. The first-order chi connectivity index (χ1) is 48.3. The lowest BCUT2D eigenvalue weighted by Crippen LogP contribution is -2.58. The van der Waals surface area contributed by atoms with Crippen molar-refractivity contribution in [2.75, 3.05) is 31.5 Å². The van der Waals surface area contributed by atoms with Gasteiger partial charge >= 0.3 is 25.2 Å². The number of nitrogens with zero attached hydrogens (tertiary/aromatic N) is 3. The molecule has 7 amide bonds. The lowest BCUT2D eigenvalue weighted by atomic mass is 9.85. The zero-order chi connectivity index (χ0) is 75.5. The largest absolute Gasteiger partial charge is 0.458 e. The van der Waals surface area contributed by atoms with E-state index in [2.05, 4.69) is 26.3 Å². The number of hydrogen-bond donors (Lipinski definition) is 6. The smallest absolute Gasteiger partial charge is 0.438 e. The second kappa shape index (κ2) is 33.9. The van der Waals surface area contributed by atoms with Crippen LogP contribution in [0.1, 0.15) is 153 Å². The summed E-state index contributed by atoms with van der Waals surface area (Å²) in [5, 5.41) is 22.2. The van der Waals surface area contributed by atoms with Crippen molar-refractivity contribution in [2.24, 2.45) is 22.0 Å². The number of rotatable bonds is 30. The van der Waals surface area contributed by atoms with Gasteiger partial charge in [0.05, 0.1) is 57.5 Å². The first kappa shape index (κ1) is 80.1. The molecule has 3 aliphatic heterocycles. The molecule has 556 valence electrons. The van der Waals surface area contributed by atoms with Crippen LogP contribution in [0.2, 0.25) is 0 Å². The molecule has 1 saturated heterocycles.